The molecule has 19 heavy (non-hydrogen) atoms. The van der Waals surface area contributed by atoms with Crippen molar-refractivity contribution >= 4 is 28.9 Å². The molecule has 4 heteroatoms. The zero-order valence-electron chi connectivity index (χ0n) is 11.1. The fourth-order valence-electron chi connectivity index (χ4n) is 1.80. The van der Waals surface area contributed by atoms with E-state index in [1.807, 2.05) is 50.2 Å². The smallest absolute Gasteiger partial charge is 0.316 e. The van der Waals surface area contributed by atoms with Crippen molar-refractivity contribution in [2.45, 2.75) is 19.3 Å². The minimum Gasteiger partial charge on any atom is -0.468 e. The second-order valence-electron chi connectivity index (χ2n) is 4.79. The van der Waals surface area contributed by atoms with Gasteiger partial charge in [-0.15, -0.1) is 11.3 Å². The quantitative estimate of drug-likeness (QED) is 0.778. The summed E-state index contributed by atoms with van der Waals surface area (Å²) in [5.41, 5.74) is 0.478. The van der Waals surface area contributed by atoms with Crippen LogP contribution < -0.4 is 0 Å². The number of esters is 1. The summed E-state index contributed by atoms with van der Waals surface area (Å²) in [5.74, 6) is -0.225. The number of rotatable bonds is 3. The molecule has 2 rings (SSSR count). The van der Waals surface area contributed by atoms with Crippen LogP contribution in [0, 0.1) is 0 Å². The van der Waals surface area contributed by atoms with Gasteiger partial charge in [-0.3, -0.25) is 4.79 Å². The van der Waals surface area contributed by atoms with Gasteiger partial charge < -0.3 is 4.74 Å². The lowest BCUT2D eigenvalue weighted by Crippen LogP contribution is -2.29. The minimum absolute atomic E-state index is 0.225. The van der Waals surface area contributed by atoms with Crippen LogP contribution in [0.5, 0.6) is 0 Å². The van der Waals surface area contributed by atoms with Crippen molar-refractivity contribution in [3.05, 3.63) is 46.3 Å². The fraction of sp³-hybridized carbons (Fsp3) is 0.267. The molecule has 0 aliphatic heterocycles. The SMILES string of the molecule is COC(=O)C(C)(C)c1ccc(-c2ccc(Cl)cc2)s1. The molecule has 0 aliphatic carbocycles. The zero-order valence-corrected chi connectivity index (χ0v) is 12.6. The van der Waals surface area contributed by atoms with Crippen molar-refractivity contribution in [3.8, 4) is 10.4 Å². The van der Waals surface area contributed by atoms with Gasteiger partial charge in [0, 0.05) is 14.8 Å². The first-order valence-electron chi connectivity index (χ1n) is 5.90. The maximum Gasteiger partial charge on any atom is 0.316 e. The summed E-state index contributed by atoms with van der Waals surface area (Å²) >= 11 is 7.48. The average Bonchev–Trinajstić information content (AvgIpc) is 2.88. The van der Waals surface area contributed by atoms with Crippen LogP contribution in [0.3, 0.4) is 0 Å². The van der Waals surface area contributed by atoms with E-state index in [0.717, 1.165) is 20.3 Å². The van der Waals surface area contributed by atoms with Crippen LogP contribution in [0.4, 0.5) is 0 Å². The molecule has 0 saturated carbocycles. The number of carbonyl (C=O) groups is 1. The largest absolute Gasteiger partial charge is 0.468 e. The van der Waals surface area contributed by atoms with Gasteiger partial charge in [0.05, 0.1) is 12.5 Å². The highest BCUT2D eigenvalue weighted by Gasteiger charge is 2.32. The molecule has 0 spiro atoms. The molecule has 1 aromatic carbocycles. The van der Waals surface area contributed by atoms with Crippen LogP contribution >= 0.6 is 22.9 Å². The summed E-state index contributed by atoms with van der Waals surface area (Å²) in [6.45, 7) is 3.74. The van der Waals surface area contributed by atoms with Gasteiger partial charge in [-0.1, -0.05) is 23.7 Å². The van der Waals surface area contributed by atoms with Gasteiger partial charge in [-0.25, -0.2) is 0 Å². The number of benzene rings is 1. The fourth-order valence-corrected chi connectivity index (χ4v) is 3.03. The Morgan fingerprint density at radius 3 is 2.37 bits per heavy atom. The molecule has 0 aliphatic rings. The normalized spacial score (nSPS) is 11.4. The van der Waals surface area contributed by atoms with E-state index in [1.54, 1.807) is 11.3 Å². The lowest BCUT2D eigenvalue weighted by molar-refractivity contribution is -0.146. The summed E-state index contributed by atoms with van der Waals surface area (Å²) < 4.78 is 4.85. The first-order valence-corrected chi connectivity index (χ1v) is 7.09. The molecule has 0 atom stereocenters. The van der Waals surface area contributed by atoms with Crippen molar-refractivity contribution in [2.75, 3.05) is 7.11 Å². The van der Waals surface area contributed by atoms with Gasteiger partial charge in [0.25, 0.3) is 0 Å². The van der Waals surface area contributed by atoms with Crippen LogP contribution in [-0.4, -0.2) is 13.1 Å². The van der Waals surface area contributed by atoms with Gasteiger partial charge in [0.1, 0.15) is 0 Å². The van der Waals surface area contributed by atoms with Crippen molar-refractivity contribution in [3.63, 3.8) is 0 Å². The molecule has 100 valence electrons. The number of hydrogen-bond donors (Lipinski definition) is 0. The van der Waals surface area contributed by atoms with Gasteiger partial charge in [0.2, 0.25) is 0 Å². The number of thiophene rings is 1. The standard InChI is InChI=1S/C15H15ClO2S/c1-15(2,14(17)18-3)13-9-8-12(19-13)10-4-6-11(16)7-5-10/h4-9H,1-3H3. The summed E-state index contributed by atoms with van der Waals surface area (Å²) in [7, 11) is 1.41. The predicted molar refractivity (Wildman–Crippen MR) is 79.8 cm³/mol. The van der Waals surface area contributed by atoms with E-state index in [9.17, 15) is 4.79 Å². The second-order valence-corrected chi connectivity index (χ2v) is 6.31. The molecule has 0 saturated heterocycles. The molecule has 0 N–H and O–H groups in total. The molecular formula is C15H15ClO2S. The zero-order chi connectivity index (χ0) is 14.0. The van der Waals surface area contributed by atoms with Crippen LogP contribution in [-0.2, 0) is 14.9 Å². The lowest BCUT2D eigenvalue weighted by atomic mass is 9.92. The Hall–Kier alpha value is -1.32. The van der Waals surface area contributed by atoms with E-state index in [0.29, 0.717) is 0 Å². The highest BCUT2D eigenvalue weighted by molar-refractivity contribution is 7.15. The van der Waals surface area contributed by atoms with E-state index in [2.05, 4.69) is 0 Å². The third kappa shape index (κ3) is 2.82. The van der Waals surface area contributed by atoms with Gasteiger partial charge in [-0.2, -0.15) is 0 Å². The molecule has 0 radical (unpaired) electrons. The highest BCUT2D eigenvalue weighted by atomic mass is 35.5. The molecule has 0 bridgehead atoms. The molecule has 2 nitrogen and oxygen atoms in total. The van der Waals surface area contributed by atoms with Gasteiger partial charge >= 0.3 is 5.97 Å². The highest BCUT2D eigenvalue weighted by Crippen LogP contribution is 2.36. The Kier molecular flexibility index (Phi) is 3.97. The van der Waals surface area contributed by atoms with Crippen LogP contribution in [0.1, 0.15) is 18.7 Å². The topological polar surface area (TPSA) is 26.3 Å². The molecule has 2 aromatic rings. The number of halogens is 1. The van der Waals surface area contributed by atoms with Crippen LogP contribution in [0.15, 0.2) is 36.4 Å². The number of methoxy groups -OCH3 is 1. The summed E-state index contributed by atoms with van der Waals surface area (Å²) in [5, 5.41) is 0.718. The molecule has 0 amide bonds. The van der Waals surface area contributed by atoms with Crippen molar-refractivity contribution in [2.24, 2.45) is 0 Å². The monoisotopic (exact) mass is 294 g/mol. The Morgan fingerprint density at radius 1 is 1.16 bits per heavy atom. The third-order valence-electron chi connectivity index (χ3n) is 3.05. The Morgan fingerprint density at radius 2 is 1.79 bits per heavy atom. The summed E-state index contributed by atoms with van der Waals surface area (Å²) in [4.78, 5) is 13.9. The molecule has 1 heterocycles. The maximum absolute atomic E-state index is 11.8. The number of carbonyl (C=O) groups excluding carboxylic acids is 1. The molecule has 1 aromatic heterocycles. The van der Waals surface area contributed by atoms with E-state index in [1.165, 1.54) is 7.11 Å². The van der Waals surface area contributed by atoms with Crippen molar-refractivity contribution in [1.29, 1.82) is 0 Å². The number of hydrogen-bond acceptors (Lipinski definition) is 3. The van der Waals surface area contributed by atoms with E-state index >= 15 is 0 Å². The minimum atomic E-state index is -0.621. The van der Waals surface area contributed by atoms with Crippen molar-refractivity contribution < 1.29 is 9.53 Å². The lowest BCUT2D eigenvalue weighted by Gasteiger charge is -2.19. The predicted octanol–water partition coefficient (Wildman–Crippen LogP) is 4.52. The van der Waals surface area contributed by atoms with Gasteiger partial charge in [0.15, 0.2) is 0 Å². The second kappa shape index (κ2) is 5.35. The molecular weight excluding hydrogens is 280 g/mol. The molecule has 0 fully saturated rings. The van der Waals surface area contributed by atoms with E-state index in [4.69, 9.17) is 16.3 Å². The Balaban J connectivity index is 2.34. The average molecular weight is 295 g/mol. The third-order valence-corrected chi connectivity index (χ3v) is 4.76. The van der Waals surface area contributed by atoms with Crippen molar-refractivity contribution in [1.82, 2.24) is 0 Å². The van der Waals surface area contributed by atoms with E-state index in [-0.39, 0.29) is 5.97 Å². The first kappa shape index (κ1) is 14.1. The first-order chi connectivity index (χ1) is 8.95. The van der Waals surface area contributed by atoms with Crippen LogP contribution in [0.25, 0.3) is 10.4 Å². The van der Waals surface area contributed by atoms with Gasteiger partial charge in [-0.05, 0) is 43.7 Å². The van der Waals surface area contributed by atoms with E-state index < -0.39 is 5.41 Å². The summed E-state index contributed by atoms with van der Waals surface area (Å²) in [6.07, 6.45) is 0. The number of ether oxygens (including phenoxy) is 1. The van der Waals surface area contributed by atoms with Crippen LogP contribution in [0.2, 0.25) is 5.02 Å². The Bertz CT molecular complexity index is 584. The maximum atomic E-state index is 11.8. The Labute approximate surface area is 122 Å². The molecule has 0 unspecified atom stereocenters. The summed E-state index contributed by atoms with van der Waals surface area (Å²) in [6, 6.07) is 11.7.